The van der Waals surface area contributed by atoms with Crippen LogP contribution < -0.4 is 4.90 Å². The zero-order valence-corrected chi connectivity index (χ0v) is 10.8. The second kappa shape index (κ2) is 4.01. The Hall–Kier alpha value is -1.17. The van der Waals surface area contributed by atoms with Gasteiger partial charge in [0.2, 0.25) is 5.95 Å². The van der Waals surface area contributed by atoms with Crippen LogP contribution in [0.25, 0.3) is 0 Å². The third kappa shape index (κ3) is 1.77. The lowest BCUT2D eigenvalue weighted by Crippen LogP contribution is -2.17. The van der Waals surface area contributed by atoms with Crippen molar-refractivity contribution >= 4 is 28.5 Å². The number of hydrogen-bond donors (Lipinski definition) is 0. The van der Waals surface area contributed by atoms with Gasteiger partial charge in [0, 0.05) is 29.1 Å². The van der Waals surface area contributed by atoms with Gasteiger partial charge < -0.3 is 4.90 Å². The molecule has 1 aromatic carbocycles. The Bertz CT molecular complexity index is 485. The molecule has 0 saturated heterocycles. The third-order valence-corrected chi connectivity index (χ3v) is 3.29. The molecular weight excluding hydrogens is 313 g/mol. The summed E-state index contributed by atoms with van der Waals surface area (Å²) >= 11 is 2.22. The van der Waals surface area contributed by atoms with Crippen LogP contribution in [-0.2, 0) is 13.1 Å². The predicted molar refractivity (Wildman–Crippen MR) is 71.1 cm³/mol. The maximum Gasteiger partial charge on any atom is 0.225 e. The van der Waals surface area contributed by atoms with Gasteiger partial charge in [-0.05, 0) is 33.7 Å². The largest absolute Gasteiger partial charge is 0.332 e. The van der Waals surface area contributed by atoms with E-state index < -0.39 is 0 Å². The Morgan fingerprint density at radius 2 is 1.56 bits per heavy atom. The highest BCUT2D eigenvalue weighted by atomic mass is 127. The number of fused-ring (bicyclic) bond motifs is 1. The third-order valence-electron chi connectivity index (χ3n) is 2.73. The van der Waals surface area contributed by atoms with Gasteiger partial charge in [0.05, 0.1) is 0 Å². The van der Waals surface area contributed by atoms with E-state index >= 15 is 0 Å². The van der Waals surface area contributed by atoms with Gasteiger partial charge in [-0.1, -0.05) is 24.3 Å². The number of hydrogen-bond acceptors (Lipinski definition) is 3. The molecule has 0 amide bonds. The highest BCUT2D eigenvalue weighted by Crippen LogP contribution is 2.25. The molecule has 0 atom stereocenters. The lowest BCUT2D eigenvalue weighted by Gasteiger charge is -2.14. The summed E-state index contributed by atoms with van der Waals surface area (Å²) in [5.41, 5.74) is 2.76. The number of rotatable bonds is 1. The second-order valence-corrected chi connectivity index (χ2v) is 5.07. The van der Waals surface area contributed by atoms with E-state index in [9.17, 15) is 0 Å². The molecule has 0 spiro atoms. The number of halogens is 1. The molecule has 2 heterocycles. The molecule has 0 fully saturated rings. The second-order valence-electron chi connectivity index (χ2n) is 3.83. The number of aromatic nitrogens is 2. The summed E-state index contributed by atoms with van der Waals surface area (Å²) in [5, 5.41) is 0. The van der Waals surface area contributed by atoms with Crippen LogP contribution in [0.3, 0.4) is 0 Å². The van der Waals surface area contributed by atoms with Crippen molar-refractivity contribution in [3.8, 4) is 0 Å². The Kier molecular flexibility index (Phi) is 2.51. The zero-order valence-electron chi connectivity index (χ0n) is 8.60. The first-order valence-corrected chi connectivity index (χ1v) is 6.20. The van der Waals surface area contributed by atoms with Crippen LogP contribution >= 0.6 is 22.6 Å². The Balaban J connectivity index is 1.88. The summed E-state index contributed by atoms with van der Waals surface area (Å²) in [7, 11) is 0. The number of anilines is 1. The topological polar surface area (TPSA) is 29.0 Å². The van der Waals surface area contributed by atoms with Crippen LogP contribution in [0.4, 0.5) is 5.95 Å². The quantitative estimate of drug-likeness (QED) is 0.756. The molecule has 16 heavy (non-hydrogen) atoms. The molecule has 4 heteroatoms. The van der Waals surface area contributed by atoms with Crippen molar-refractivity contribution in [3.05, 3.63) is 51.4 Å². The average molecular weight is 323 g/mol. The highest BCUT2D eigenvalue weighted by molar-refractivity contribution is 14.1. The first kappa shape index (κ1) is 10.0. The standard InChI is InChI=1S/C12H10IN3/c13-11-5-14-12(15-6-11)16-7-9-3-1-2-4-10(9)8-16/h1-6H,7-8H2. The molecule has 3 rings (SSSR count). The van der Waals surface area contributed by atoms with E-state index in [4.69, 9.17) is 0 Å². The maximum atomic E-state index is 4.35. The molecule has 0 saturated carbocycles. The van der Waals surface area contributed by atoms with Gasteiger partial charge in [-0.25, -0.2) is 9.97 Å². The molecule has 1 aliphatic heterocycles. The molecule has 1 aliphatic rings. The molecule has 1 aromatic heterocycles. The Labute approximate surface area is 108 Å². The fourth-order valence-electron chi connectivity index (χ4n) is 1.94. The normalized spacial score (nSPS) is 13.9. The van der Waals surface area contributed by atoms with Crippen LogP contribution in [0.15, 0.2) is 36.7 Å². The molecule has 0 radical (unpaired) electrons. The SMILES string of the molecule is Ic1cnc(N2Cc3ccccc3C2)nc1. The molecule has 0 N–H and O–H groups in total. The Morgan fingerprint density at radius 3 is 2.12 bits per heavy atom. The fourth-order valence-corrected chi connectivity index (χ4v) is 2.22. The van der Waals surface area contributed by atoms with Crippen molar-refractivity contribution in [2.24, 2.45) is 0 Å². The van der Waals surface area contributed by atoms with Crippen molar-refractivity contribution in [2.75, 3.05) is 4.90 Å². The van der Waals surface area contributed by atoms with E-state index in [1.165, 1.54) is 11.1 Å². The lowest BCUT2D eigenvalue weighted by atomic mass is 10.1. The van der Waals surface area contributed by atoms with Gasteiger partial charge in [0.15, 0.2) is 0 Å². The summed E-state index contributed by atoms with van der Waals surface area (Å²) in [6, 6.07) is 8.50. The van der Waals surface area contributed by atoms with E-state index in [1.807, 2.05) is 12.4 Å². The molecule has 80 valence electrons. The minimum atomic E-state index is 0.816. The fraction of sp³-hybridized carbons (Fsp3) is 0.167. The highest BCUT2D eigenvalue weighted by Gasteiger charge is 2.19. The van der Waals surface area contributed by atoms with Crippen molar-refractivity contribution in [1.29, 1.82) is 0 Å². The van der Waals surface area contributed by atoms with Gasteiger partial charge in [-0.3, -0.25) is 0 Å². The zero-order chi connectivity index (χ0) is 11.0. The first-order chi connectivity index (χ1) is 7.83. The van der Waals surface area contributed by atoms with E-state index in [-0.39, 0.29) is 0 Å². The maximum absolute atomic E-state index is 4.35. The van der Waals surface area contributed by atoms with Gasteiger partial charge in [-0.2, -0.15) is 0 Å². The molecule has 0 unspecified atom stereocenters. The summed E-state index contributed by atoms with van der Waals surface area (Å²) in [4.78, 5) is 10.9. The molecule has 3 nitrogen and oxygen atoms in total. The van der Waals surface area contributed by atoms with Crippen molar-refractivity contribution in [1.82, 2.24) is 9.97 Å². The lowest BCUT2D eigenvalue weighted by molar-refractivity contribution is 0.826. The minimum Gasteiger partial charge on any atom is -0.332 e. The van der Waals surface area contributed by atoms with Crippen molar-refractivity contribution in [2.45, 2.75) is 13.1 Å². The van der Waals surface area contributed by atoms with Crippen LogP contribution in [-0.4, -0.2) is 9.97 Å². The first-order valence-electron chi connectivity index (χ1n) is 5.12. The molecule has 2 aromatic rings. The average Bonchev–Trinajstić information content (AvgIpc) is 2.73. The predicted octanol–water partition coefficient (Wildman–Crippen LogP) is 2.60. The van der Waals surface area contributed by atoms with E-state index in [2.05, 4.69) is 61.7 Å². The smallest absolute Gasteiger partial charge is 0.225 e. The van der Waals surface area contributed by atoms with Crippen LogP contribution in [0.2, 0.25) is 0 Å². The number of benzene rings is 1. The summed E-state index contributed by atoms with van der Waals surface area (Å²) in [6.07, 6.45) is 3.71. The van der Waals surface area contributed by atoms with Gasteiger partial charge in [0.1, 0.15) is 0 Å². The summed E-state index contributed by atoms with van der Waals surface area (Å²) in [5.74, 6) is 0.816. The molecular formula is C12H10IN3. The molecule has 0 bridgehead atoms. The van der Waals surface area contributed by atoms with Crippen molar-refractivity contribution in [3.63, 3.8) is 0 Å². The summed E-state index contributed by atoms with van der Waals surface area (Å²) < 4.78 is 1.07. The van der Waals surface area contributed by atoms with Gasteiger partial charge in [0.25, 0.3) is 0 Å². The van der Waals surface area contributed by atoms with E-state index in [0.717, 1.165) is 22.6 Å². The van der Waals surface area contributed by atoms with Gasteiger partial charge >= 0.3 is 0 Å². The monoisotopic (exact) mass is 323 g/mol. The summed E-state index contributed by atoms with van der Waals surface area (Å²) in [6.45, 7) is 1.83. The van der Waals surface area contributed by atoms with Gasteiger partial charge in [-0.15, -0.1) is 0 Å². The van der Waals surface area contributed by atoms with Crippen LogP contribution in [0, 0.1) is 3.57 Å². The van der Waals surface area contributed by atoms with E-state index in [0.29, 0.717) is 0 Å². The van der Waals surface area contributed by atoms with Crippen LogP contribution in [0.5, 0.6) is 0 Å². The van der Waals surface area contributed by atoms with E-state index in [1.54, 1.807) is 0 Å². The van der Waals surface area contributed by atoms with Crippen LogP contribution in [0.1, 0.15) is 11.1 Å². The number of nitrogens with zero attached hydrogens (tertiary/aromatic N) is 3. The molecule has 0 aliphatic carbocycles. The Morgan fingerprint density at radius 1 is 1.00 bits per heavy atom. The van der Waals surface area contributed by atoms with Crippen molar-refractivity contribution < 1.29 is 0 Å². The minimum absolute atomic E-state index is 0.816.